The molecule has 0 radical (unpaired) electrons. The van der Waals surface area contributed by atoms with E-state index in [2.05, 4.69) is 36.2 Å². The van der Waals surface area contributed by atoms with Gasteiger partial charge in [0.15, 0.2) is 0 Å². The summed E-state index contributed by atoms with van der Waals surface area (Å²) < 4.78 is 0. The Bertz CT molecular complexity index is 361. The van der Waals surface area contributed by atoms with E-state index in [9.17, 15) is 4.79 Å². The Morgan fingerprint density at radius 1 is 1.38 bits per heavy atom. The molecule has 86 valence electrons. The third-order valence-corrected chi connectivity index (χ3v) is 3.00. The first-order chi connectivity index (χ1) is 7.62. The largest absolute Gasteiger partial charge is 0.359 e. The van der Waals surface area contributed by atoms with Crippen LogP contribution in [-0.2, 0) is 4.79 Å². The average Bonchev–Trinajstić information content (AvgIpc) is 2.29. The second kappa shape index (κ2) is 4.26. The number of nitrogens with one attached hydrogen (secondary N) is 1. The number of aldehydes is 1. The van der Waals surface area contributed by atoms with Crippen molar-refractivity contribution >= 4 is 12.0 Å². The first-order valence-corrected chi connectivity index (χ1v) is 5.64. The van der Waals surface area contributed by atoms with Crippen LogP contribution in [0.4, 0.5) is 5.69 Å². The van der Waals surface area contributed by atoms with Crippen LogP contribution in [0.15, 0.2) is 30.3 Å². The molecule has 1 N–H and O–H groups in total. The predicted molar refractivity (Wildman–Crippen MR) is 65.7 cm³/mol. The zero-order chi connectivity index (χ0) is 11.6. The van der Waals surface area contributed by atoms with E-state index < -0.39 is 0 Å². The molecule has 1 aromatic carbocycles. The number of hydrogen-bond donors (Lipinski definition) is 1. The van der Waals surface area contributed by atoms with E-state index in [0.717, 1.165) is 18.5 Å². The van der Waals surface area contributed by atoms with Gasteiger partial charge in [-0.3, -0.25) is 0 Å². The number of hydrogen-bond acceptors (Lipinski definition) is 3. The lowest BCUT2D eigenvalue weighted by Crippen LogP contribution is -2.62. The number of piperazine rings is 1. The number of nitrogens with zero attached hydrogens (tertiary/aromatic N) is 1. The summed E-state index contributed by atoms with van der Waals surface area (Å²) in [6.45, 7) is 5.87. The molecule has 1 aliphatic rings. The molecule has 0 spiro atoms. The summed E-state index contributed by atoms with van der Waals surface area (Å²) in [5.41, 5.74) is 1.17. The van der Waals surface area contributed by atoms with Crippen molar-refractivity contribution in [2.24, 2.45) is 0 Å². The number of carbonyl (C=O) groups excluding carboxylic acids is 1. The zero-order valence-electron chi connectivity index (χ0n) is 9.81. The summed E-state index contributed by atoms with van der Waals surface area (Å²) >= 11 is 0. The number of para-hydroxylation sites is 1. The van der Waals surface area contributed by atoms with Gasteiger partial charge in [0.2, 0.25) is 0 Å². The van der Waals surface area contributed by atoms with Crippen molar-refractivity contribution in [1.29, 1.82) is 0 Å². The van der Waals surface area contributed by atoms with E-state index in [4.69, 9.17) is 0 Å². The summed E-state index contributed by atoms with van der Waals surface area (Å²) in [6, 6.07) is 10.1. The van der Waals surface area contributed by atoms with E-state index in [-0.39, 0.29) is 11.6 Å². The van der Waals surface area contributed by atoms with Crippen molar-refractivity contribution in [2.45, 2.75) is 25.4 Å². The molecule has 0 aliphatic carbocycles. The molecular weight excluding hydrogens is 200 g/mol. The molecule has 3 heteroatoms. The van der Waals surface area contributed by atoms with Crippen LogP contribution in [0.5, 0.6) is 0 Å². The molecule has 1 aromatic rings. The van der Waals surface area contributed by atoms with Gasteiger partial charge in [0.05, 0.1) is 6.04 Å². The van der Waals surface area contributed by atoms with Gasteiger partial charge in [0, 0.05) is 24.3 Å². The molecule has 0 bridgehead atoms. The molecule has 3 nitrogen and oxygen atoms in total. The molecule has 1 saturated heterocycles. The Balaban J connectivity index is 2.25. The smallest absolute Gasteiger partial charge is 0.143 e. The van der Waals surface area contributed by atoms with E-state index in [1.165, 1.54) is 0 Å². The molecule has 1 fully saturated rings. The fourth-order valence-electron chi connectivity index (χ4n) is 2.11. The first-order valence-electron chi connectivity index (χ1n) is 5.64. The lowest BCUT2D eigenvalue weighted by Gasteiger charge is -2.43. The van der Waals surface area contributed by atoms with Crippen LogP contribution in [0.25, 0.3) is 0 Å². The van der Waals surface area contributed by atoms with Crippen LogP contribution in [0, 0.1) is 0 Å². The molecule has 0 saturated carbocycles. The van der Waals surface area contributed by atoms with Crippen LogP contribution in [-0.4, -0.2) is 31.0 Å². The molecule has 2 rings (SSSR count). The van der Waals surface area contributed by atoms with E-state index >= 15 is 0 Å². The Hall–Kier alpha value is -1.35. The van der Waals surface area contributed by atoms with Crippen LogP contribution in [0.1, 0.15) is 13.8 Å². The highest BCUT2D eigenvalue weighted by Crippen LogP contribution is 2.22. The maximum atomic E-state index is 11.1. The van der Waals surface area contributed by atoms with Gasteiger partial charge in [-0.05, 0) is 26.0 Å². The summed E-state index contributed by atoms with van der Waals surface area (Å²) in [5.74, 6) is 0. The zero-order valence-corrected chi connectivity index (χ0v) is 9.81. The molecule has 16 heavy (non-hydrogen) atoms. The van der Waals surface area contributed by atoms with Gasteiger partial charge in [0.1, 0.15) is 6.29 Å². The molecule has 0 amide bonds. The quantitative estimate of drug-likeness (QED) is 0.762. The second-order valence-corrected chi connectivity index (χ2v) is 4.93. The topological polar surface area (TPSA) is 32.3 Å². The van der Waals surface area contributed by atoms with Gasteiger partial charge in [-0.1, -0.05) is 18.2 Å². The molecule has 1 heterocycles. The fourth-order valence-corrected chi connectivity index (χ4v) is 2.11. The minimum absolute atomic E-state index is 0.0509. The summed E-state index contributed by atoms with van der Waals surface area (Å²) in [4.78, 5) is 13.2. The van der Waals surface area contributed by atoms with Crippen molar-refractivity contribution < 1.29 is 4.79 Å². The normalized spacial score (nSPS) is 24.1. The Labute approximate surface area is 96.5 Å². The van der Waals surface area contributed by atoms with E-state index in [1.54, 1.807) is 0 Å². The lowest BCUT2D eigenvalue weighted by atomic mass is 9.98. The lowest BCUT2D eigenvalue weighted by molar-refractivity contribution is -0.109. The van der Waals surface area contributed by atoms with Crippen LogP contribution in [0.2, 0.25) is 0 Å². The monoisotopic (exact) mass is 218 g/mol. The van der Waals surface area contributed by atoms with Gasteiger partial charge in [0.25, 0.3) is 0 Å². The van der Waals surface area contributed by atoms with Gasteiger partial charge in [-0.25, -0.2) is 0 Å². The van der Waals surface area contributed by atoms with Gasteiger partial charge >= 0.3 is 0 Å². The van der Waals surface area contributed by atoms with Crippen LogP contribution >= 0.6 is 0 Å². The summed E-state index contributed by atoms with van der Waals surface area (Å²) in [7, 11) is 0. The molecular formula is C13H18N2O. The third kappa shape index (κ3) is 2.25. The predicted octanol–water partition coefficient (Wildman–Crippen LogP) is 1.44. The number of anilines is 1. The van der Waals surface area contributed by atoms with Gasteiger partial charge in [-0.15, -0.1) is 0 Å². The van der Waals surface area contributed by atoms with Crippen molar-refractivity contribution in [3.8, 4) is 0 Å². The second-order valence-electron chi connectivity index (χ2n) is 4.93. The van der Waals surface area contributed by atoms with Gasteiger partial charge in [-0.2, -0.15) is 0 Å². The summed E-state index contributed by atoms with van der Waals surface area (Å²) in [6.07, 6.45) is 1.02. The van der Waals surface area contributed by atoms with Crippen LogP contribution in [0.3, 0.4) is 0 Å². The van der Waals surface area contributed by atoms with E-state index in [1.807, 2.05) is 18.2 Å². The van der Waals surface area contributed by atoms with E-state index in [0.29, 0.717) is 6.54 Å². The average molecular weight is 218 g/mol. The number of carbonyl (C=O) groups is 1. The van der Waals surface area contributed by atoms with Gasteiger partial charge < -0.3 is 15.0 Å². The Morgan fingerprint density at radius 2 is 2.06 bits per heavy atom. The number of benzene rings is 1. The highest BCUT2D eigenvalue weighted by atomic mass is 16.1. The fraction of sp³-hybridized carbons (Fsp3) is 0.462. The highest BCUT2D eigenvalue weighted by Gasteiger charge is 2.32. The standard InChI is InChI=1S/C13H18N2O/c1-13(2)10-15(12(9-16)8-14-13)11-6-4-3-5-7-11/h3-7,9,12,14H,8,10H2,1-2H3. The van der Waals surface area contributed by atoms with Crippen molar-refractivity contribution in [1.82, 2.24) is 5.32 Å². The maximum Gasteiger partial charge on any atom is 0.143 e. The van der Waals surface area contributed by atoms with Crippen molar-refractivity contribution in [3.05, 3.63) is 30.3 Å². The number of rotatable bonds is 2. The minimum Gasteiger partial charge on any atom is -0.359 e. The molecule has 1 atom stereocenters. The highest BCUT2D eigenvalue weighted by molar-refractivity contribution is 5.67. The minimum atomic E-state index is -0.0598. The maximum absolute atomic E-state index is 11.1. The molecule has 1 aliphatic heterocycles. The summed E-state index contributed by atoms with van der Waals surface area (Å²) in [5, 5.41) is 3.39. The van der Waals surface area contributed by atoms with Crippen molar-refractivity contribution in [3.63, 3.8) is 0 Å². The van der Waals surface area contributed by atoms with Crippen molar-refractivity contribution in [2.75, 3.05) is 18.0 Å². The SMILES string of the molecule is CC1(C)CN(c2ccccc2)C(C=O)CN1. The van der Waals surface area contributed by atoms with Crippen LogP contribution < -0.4 is 10.2 Å². The third-order valence-electron chi connectivity index (χ3n) is 3.00. The Kier molecular flexibility index (Phi) is 2.97. The molecule has 0 aromatic heterocycles. The Morgan fingerprint density at radius 3 is 2.69 bits per heavy atom. The molecule has 1 unspecified atom stereocenters. The first kappa shape index (κ1) is 11.1.